The SMILES string of the molecule is CC=O.Cc1cc(F)cc(B(O)O)c1. The van der Waals surface area contributed by atoms with Gasteiger partial charge >= 0.3 is 7.12 Å². The minimum atomic E-state index is -1.59. The summed E-state index contributed by atoms with van der Waals surface area (Å²) in [6, 6.07) is 3.94. The Hall–Kier alpha value is -1.20. The summed E-state index contributed by atoms with van der Waals surface area (Å²) in [4.78, 5) is 8.81. The fraction of sp³-hybridized carbons (Fsp3) is 0.222. The number of hydrogen-bond acceptors (Lipinski definition) is 3. The van der Waals surface area contributed by atoms with Gasteiger partial charge in [-0.05, 0) is 37.0 Å². The van der Waals surface area contributed by atoms with Crippen molar-refractivity contribution in [1.29, 1.82) is 0 Å². The molecule has 5 heteroatoms. The summed E-state index contributed by atoms with van der Waals surface area (Å²) in [5, 5.41) is 17.3. The molecule has 0 saturated carbocycles. The van der Waals surface area contributed by atoms with Gasteiger partial charge in [0, 0.05) is 0 Å². The van der Waals surface area contributed by atoms with Crippen molar-refractivity contribution in [3.63, 3.8) is 0 Å². The summed E-state index contributed by atoms with van der Waals surface area (Å²) in [5.41, 5.74) is 0.857. The van der Waals surface area contributed by atoms with Gasteiger partial charge in [-0.15, -0.1) is 0 Å². The van der Waals surface area contributed by atoms with Crippen molar-refractivity contribution in [1.82, 2.24) is 0 Å². The van der Waals surface area contributed by atoms with E-state index in [1.165, 1.54) is 19.1 Å². The lowest BCUT2D eigenvalue weighted by atomic mass is 9.80. The Balaban J connectivity index is 0.000000500. The topological polar surface area (TPSA) is 57.5 Å². The van der Waals surface area contributed by atoms with Gasteiger partial charge in [-0.2, -0.15) is 0 Å². The summed E-state index contributed by atoms with van der Waals surface area (Å²) in [7, 11) is -1.59. The van der Waals surface area contributed by atoms with Crippen LogP contribution in [0.15, 0.2) is 18.2 Å². The predicted molar refractivity (Wildman–Crippen MR) is 52.7 cm³/mol. The van der Waals surface area contributed by atoms with Crippen LogP contribution in [0, 0.1) is 12.7 Å². The Morgan fingerprint density at radius 2 is 1.86 bits per heavy atom. The quantitative estimate of drug-likeness (QED) is 0.494. The number of aryl methyl sites for hydroxylation is 1. The van der Waals surface area contributed by atoms with Crippen LogP contribution in [0.25, 0.3) is 0 Å². The lowest BCUT2D eigenvalue weighted by Crippen LogP contribution is -2.30. The number of rotatable bonds is 1. The van der Waals surface area contributed by atoms with Crippen LogP contribution < -0.4 is 5.46 Å². The van der Waals surface area contributed by atoms with Crippen molar-refractivity contribution in [2.75, 3.05) is 0 Å². The van der Waals surface area contributed by atoms with Crippen LogP contribution in [0.1, 0.15) is 12.5 Å². The average molecular weight is 198 g/mol. The molecule has 14 heavy (non-hydrogen) atoms. The first-order chi connectivity index (χ1) is 6.51. The van der Waals surface area contributed by atoms with Gasteiger partial charge in [0.1, 0.15) is 12.1 Å². The Kier molecular flexibility index (Phi) is 5.75. The van der Waals surface area contributed by atoms with Crippen LogP contribution in [0.3, 0.4) is 0 Å². The molecule has 3 nitrogen and oxygen atoms in total. The average Bonchev–Trinajstić information content (AvgIpc) is 2.03. The van der Waals surface area contributed by atoms with Crippen LogP contribution >= 0.6 is 0 Å². The Labute approximate surface area is 82.3 Å². The lowest BCUT2D eigenvalue weighted by molar-refractivity contribution is -0.106. The third-order valence-electron chi connectivity index (χ3n) is 1.36. The van der Waals surface area contributed by atoms with E-state index in [9.17, 15) is 4.39 Å². The van der Waals surface area contributed by atoms with Gasteiger partial charge in [0.05, 0.1) is 0 Å². The van der Waals surface area contributed by atoms with E-state index in [-0.39, 0.29) is 5.46 Å². The van der Waals surface area contributed by atoms with Gasteiger partial charge in [-0.3, -0.25) is 0 Å². The Morgan fingerprint density at radius 1 is 1.36 bits per heavy atom. The standard InChI is InChI=1S/C7H8BFO2.C2H4O/c1-5-2-6(8(10)11)4-7(9)3-5;1-2-3/h2-4,10-11H,1H3;2H,1H3. The second-order valence-corrected chi connectivity index (χ2v) is 2.67. The Bertz CT molecular complexity index is 282. The number of aldehydes is 1. The third kappa shape index (κ3) is 4.74. The molecule has 76 valence electrons. The number of carbonyl (C=O) groups is 1. The molecule has 0 heterocycles. The molecule has 1 aromatic rings. The minimum Gasteiger partial charge on any atom is -0.423 e. The highest BCUT2D eigenvalue weighted by Gasteiger charge is 2.11. The fourth-order valence-electron chi connectivity index (χ4n) is 0.914. The molecule has 0 aliphatic heterocycles. The summed E-state index contributed by atoms with van der Waals surface area (Å²) in [6.07, 6.45) is 0.750. The molecular formula is C9H12BFO3. The van der Waals surface area contributed by atoms with E-state index in [2.05, 4.69) is 0 Å². The first-order valence-corrected chi connectivity index (χ1v) is 4.04. The van der Waals surface area contributed by atoms with Gasteiger partial charge < -0.3 is 14.8 Å². The zero-order valence-electron chi connectivity index (χ0n) is 8.07. The monoisotopic (exact) mass is 198 g/mol. The molecule has 0 atom stereocenters. The minimum absolute atomic E-state index is 0.183. The van der Waals surface area contributed by atoms with Crippen molar-refractivity contribution in [3.8, 4) is 0 Å². The molecule has 0 aliphatic carbocycles. The van der Waals surface area contributed by atoms with Crippen LogP contribution in [0.4, 0.5) is 4.39 Å². The van der Waals surface area contributed by atoms with Crippen molar-refractivity contribution in [2.24, 2.45) is 0 Å². The van der Waals surface area contributed by atoms with Crippen molar-refractivity contribution >= 4 is 18.9 Å². The molecule has 0 radical (unpaired) electrons. The summed E-state index contributed by atoms with van der Waals surface area (Å²) < 4.78 is 12.6. The van der Waals surface area contributed by atoms with E-state index >= 15 is 0 Å². The maximum atomic E-state index is 12.6. The largest absolute Gasteiger partial charge is 0.488 e. The molecule has 0 spiro atoms. The first-order valence-electron chi connectivity index (χ1n) is 4.04. The molecule has 0 saturated heterocycles. The predicted octanol–water partition coefficient (Wildman–Crippen LogP) is 0.0191. The molecule has 0 amide bonds. The van der Waals surface area contributed by atoms with E-state index < -0.39 is 12.9 Å². The summed E-state index contributed by atoms with van der Waals surface area (Å²) in [6.45, 7) is 3.13. The molecular weight excluding hydrogens is 186 g/mol. The Morgan fingerprint density at radius 3 is 2.21 bits per heavy atom. The van der Waals surface area contributed by atoms with Crippen LogP contribution in [0.5, 0.6) is 0 Å². The van der Waals surface area contributed by atoms with Crippen molar-refractivity contribution < 1.29 is 19.2 Å². The normalized spacial score (nSPS) is 8.64. The van der Waals surface area contributed by atoms with Crippen LogP contribution in [0.2, 0.25) is 0 Å². The number of carbonyl (C=O) groups excluding carboxylic acids is 1. The van der Waals surface area contributed by atoms with Gasteiger partial charge in [0.15, 0.2) is 0 Å². The molecule has 0 aromatic heterocycles. The summed E-state index contributed by atoms with van der Waals surface area (Å²) in [5.74, 6) is -0.451. The van der Waals surface area contributed by atoms with E-state index in [4.69, 9.17) is 14.8 Å². The fourth-order valence-corrected chi connectivity index (χ4v) is 0.914. The molecule has 1 aromatic carbocycles. The number of halogens is 1. The second-order valence-electron chi connectivity index (χ2n) is 2.67. The van der Waals surface area contributed by atoms with Gasteiger partial charge in [0.2, 0.25) is 0 Å². The molecule has 0 unspecified atom stereocenters. The van der Waals surface area contributed by atoms with Gasteiger partial charge in [-0.1, -0.05) is 6.07 Å². The number of benzene rings is 1. The highest BCUT2D eigenvalue weighted by Crippen LogP contribution is 1.99. The first kappa shape index (κ1) is 12.8. The highest BCUT2D eigenvalue weighted by molar-refractivity contribution is 6.58. The molecule has 0 aliphatic rings. The van der Waals surface area contributed by atoms with Crippen LogP contribution in [-0.4, -0.2) is 23.5 Å². The molecule has 2 N–H and O–H groups in total. The second kappa shape index (κ2) is 6.29. The van der Waals surface area contributed by atoms with E-state index in [1.54, 1.807) is 6.92 Å². The highest BCUT2D eigenvalue weighted by atomic mass is 19.1. The molecule has 0 fully saturated rings. The van der Waals surface area contributed by atoms with Gasteiger partial charge in [0.25, 0.3) is 0 Å². The van der Waals surface area contributed by atoms with Crippen molar-refractivity contribution in [3.05, 3.63) is 29.6 Å². The molecule has 1 rings (SSSR count). The lowest BCUT2D eigenvalue weighted by Gasteiger charge is -2.00. The van der Waals surface area contributed by atoms with E-state index in [1.807, 2.05) is 0 Å². The maximum absolute atomic E-state index is 12.6. The summed E-state index contributed by atoms with van der Waals surface area (Å²) >= 11 is 0. The zero-order chi connectivity index (χ0) is 11.1. The molecule has 0 bridgehead atoms. The smallest absolute Gasteiger partial charge is 0.423 e. The third-order valence-corrected chi connectivity index (χ3v) is 1.36. The van der Waals surface area contributed by atoms with Crippen LogP contribution in [-0.2, 0) is 4.79 Å². The number of hydrogen-bond donors (Lipinski definition) is 2. The van der Waals surface area contributed by atoms with Gasteiger partial charge in [-0.25, -0.2) is 4.39 Å². The van der Waals surface area contributed by atoms with E-state index in [0.29, 0.717) is 5.56 Å². The zero-order valence-corrected chi connectivity index (χ0v) is 8.07. The van der Waals surface area contributed by atoms with E-state index in [0.717, 1.165) is 12.4 Å². The maximum Gasteiger partial charge on any atom is 0.488 e. The van der Waals surface area contributed by atoms with Crippen molar-refractivity contribution in [2.45, 2.75) is 13.8 Å².